The van der Waals surface area contributed by atoms with Crippen molar-refractivity contribution in [1.82, 2.24) is 24.8 Å². The Morgan fingerprint density at radius 1 is 1.50 bits per heavy atom. The van der Waals surface area contributed by atoms with Gasteiger partial charge in [-0.25, -0.2) is 4.98 Å². The second-order valence-corrected chi connectivity index (χ2v) is 5.12. The minimum Gasteiger partial charge on any atom is -0.476 e. The number of ether oxygens (including phenoxy) is 1. The number of imidazole rings is 1. The molecule has 7 heteroatoms. The fraction of sp³-hybridized carbons (Fsp3) is 0.615. The number of rotatable bonds is 5. The number of nitrogens with zero attached hydrogens (tertiary/aromatic N) is 4. The summed E-state index contributed by atoms with van der Waals surface area (Å²) in [5.41, 5.74) is 1.38. The zero-order chi connectivity index (χ0) is 13.9. The number of aromatic amines is 1. The summed E-state index contributed by atoms with van der Waals surface area (Å²) in [6, 6.07) is 0.623. The van der Waals surface area contributed by atoms with E-state index in [0.717, 1.165) is 11.9 Å². The number of hydrogen-bond donors (Lipinski definition) is 2. The number of hydrogen-bond acceptors (Lipinski definition) is 6. The molecule has 2 N–H and O–H groups in total. The van der Waals surface area contributed by atoms with E-state index in [9.17, 15) is 0 Å². The lowest BCUT2D eigenvalue weighted by molar-refractivity contribution is 0.230. The van der Waals surface area contributed by atoms with Crippen molar-refractivity contribution < 1.29 is 4.74 Å². The smallest absolute Gasteiger partial charge is 0.245 e. The average Bonchev–Trinajstić information content (AvgIpc) is 3.07. The summed E-state index contributed by atoms with van der Waals surface area (Å²) in [5, 5.41) is 2.92. The van der Waals surface area contributed by atoms with Gasteiger partial charge in [-0.3, -0.25) is 0 Å². The van der Waals surface area contributed by atoms with Crippen LogP contribution < -0.4 is 10.1 Å². The van der Waals surface area contributed by atoms with Gasteiger partial charge in [0.2, 0.25) is 11.8 Å². The predicted octanol–water partition coefficient (Wildman–Crippen LogP) is 1.26. The molecule has 108 valence electrons. The number of fused-ring (bicyclic) bond motifs is 1. The first-order chi connectivity index (χ1) is 9.78. The highest BCUT2D eigenvalue weighted by Gasteiger charge is 2.20. The molecule has 1 saturated heterocycles. The Bertz CT molecular complexity index is 583. The lowest BCUT2D eigenvalue weighted by Crippen LogP contribution is -2.26. The summed E-state index contributed by atoms with van der Waals surface area (Å²) >= 11 is 0. The summed E-state index contributed by atoms with van der Waals surface area (Å²) < 4.78 is 5.84. The Morgan fingerprint density at radius 2 is 2.40 bits per heavy atom. The van der Waals surface area contributed by atoms with Crippen LogP contribution in [-0.4, -0.2) is 58.1 Å². The molecule has 0 saturated carbocycles. The van der Waals surface area contributed by atoms with Crippen LogP contribution in [-0.2, 0) is 0 Å². The largest absolute Gasteiger partial charge is 0.476 e. The van der Waals surface area contributed by atoms with Gasteiger partial charge in [-0.05, 0) is 32.9 Å². The highest BCUT2D eigenvalue weighted by molar-refractivity contribution is 5.76. The van der Waals surface area contributed by atoms with Crippen LogP contribution in [0.15, 0.2) is 6.33 Å². The fourth-order valence-electron chi connectivity index (χ4n) is 2.66. The molecule has 1 fully saturated rings. The molecule has 0 aliphatic carbocycles. The van der Waals surface area contributed by atoms with Gasteiger partial charge in [0, 0.05) is 13.1 Å². The molecule has 0 bridgehead atoms. The molecule has 3 heterocycles. The summed E-state index contributed by atoms with van der Waals surface area (Å²) in [6.07, 6.45) is 5.16. The van der Waals surface area contributed by atoms with Crippen LogP contribution in [0.1, 0.15) is 19.3 Å². The van der Waals surface area contributed by atoms with Gasteiger partial charge < -0.3 is 19.9 Å². The van der Waals surface area contributed by atoms with E-state index in [-0.39, 0.29) is 0 Å². The Hall–Kier alpha value is -1.89. The van der Waals surface area contributed by atoms with Crippen molar-refractivity contribution in [3.8, 4) is 5.88 Å². The zero-order valence-corrected chi connectivity index (χ0v) is 11.9. The van der Waals surface area contributed by atoms with Crippen molar-refractivity contribution in [1.29, 1.82) is 0 Å². The lowest BCUT2D eigenvalue weighted by Gasteiger charge is -2.19. The van der Waals surface area contributed by atoms with E-state index < -0.39 is 0 Å². The van der Waals surface area contributed by atoms with Crippen molar-refractivity contribution in [3.05, 3.63) is 6.33 Å². The normalized spacial score (nSPS) is 19.6. The third kappa shape index (κ3) is 2.53. The second kappa shape index (κ2) is 5.62. The van der Waals surface area contributed by atoms with Crippen molar-refractivity contribution in [2.24, 2.45) is 0 Å². The Balaban J connectivity index is 1.68. The van der Waals surface area contributed by atoms with Crippen molar-refractivity contribution >= 4 is 17.1 Å². The quantitative estimate of drug-likeness (QED) is 0.856. The van der Waals surface area contributed by atoms with Gasteiger partial charge >= 0.3 is 0 Å². The Kier molecular flexibility index (Phi) is 3.68. The number of likely N-dealkylation sites (tertiary alicyclic amines) is 1. The van der Waals surface area contributed by atoms with Gasteiger partial charge in [0.1, 0.15) is 5.52 Å². The molecule has 1 unspecified atom stereocenters. The number of nitrogens with one attached hydrogen (secondary N) is 2. The third-order valence-electron chi connectivity index (χ3n) is 3.84. The van der Waals surface area contributed by atoms with Crippen LogP contribution in [0.4, 0.5) is 5.95 Å². The highest BCUT2D eigenvalue weighted by atomic mass is 16.5. The molecule has 1 aliphatic heterocycles. The van der Waals surface area contributed by atoms with Crippen LogP contribution in [0.2, 0.25) is 0 Å². The molecule has 0 spiro atoms. The third-order valence-corrected chi connectivity index (χ3v) is 3.84. The van der Waals surface area contributed by atoms with E-state index >= 15 is 0 Å². The predicted molar refractivity (Wildman–Crippen MR) is 77.0 cm³/mol. The van der Waals surface area contributed by atoms with Gasteiger partial charge in [-0.15, -0.1) is 0 Å². The van der Waals surface area contributed by atoms with E-state index in [1.807, 2.05) is 0 Å². The molecular formula is C13H20N6O. The topological polar surface area (TPSA) is 79.0 Å². The average molecular weight is 276 g/mol. The van der Waals surface area contributed by atoms with Crippen LogP contribution in [0.3, 0.4) is 0 Å². The summed E-state index contributed by atoms with van der Waals surface area (Å²) in [6.45, 7) is 1.84. The maximum absolute atomic E-state index is 5.84. The number of aromatic nitrogens is 4. The maximum Gasteiger partial charge on any atom is 0.245 e. The molecule has 20 heavy (non-hydrogen) atoms. The molecule has 0 amide bonds. The number of anilines is 1. The monoisotopic (exact) mass is 276 g/mol. The molecule has 1 aliphatic rings. The molecule has 2 aromatic heterocycles. The van der Waals surface area contributed by atoms with Crippen LogP contribution in [0, 0.1) is 0 Å². The van der Waals surface area contributed by atoms with E-state index in [2.05, 4.69) is 37.2 Å². The number of H-pyrrole nitrogens is 1. The molecule has 7 nitrogen and oxygen atoms in total. The first kappa shape index (κ1) is 13.1. The van der Waals surface area contributed by atoms with E-state index in [0.29, 0.717) is 30.1 Å². The first-order valence-corrected chi connectivity index (χ1v) is 7.00. The van der Waals surface area contributed by atoms with Gasteiger partial charge in [-0.2, -0.15) is 9.97 Å². The summed E-state index contributed by atoms with van der Waals surface area (Å²) in [7, 11) is 3.96. The Morgan fingerprint density at radius 3 is 3.15 bits per heavy atom. The fourth-order valence-corrected chi connectivity index (χ4v) is 2.66. The van der Waals surface area contributed by atoms with Crippen LogP contribution >= 0.6 is 0 Å². The van der Waals surface area contributed by atoms with Crippen molar-refractivity contribution in [2.45, 2.75) is 25.3 Å². The van der Waals surface area contributed by atoms with Crippen molar-refractivity contribution in [2.75, 3.05) is 32.6 Å². The minimum absolute atomic E-state index is 0.526. The summed E-state index contributed by atoms with van der Waals surface area (Å²) in [5.74, 6) is 1.09. The standard InChI is InChI=1S/C13H20N6O/c1-14-13-17-11-10(15-8-16-11)12(18-13)20-7-5-9-4-3-6-19(9)2/h8-9H,3-7H2,1-2H3,(H2,14,15,16,17,18). The second-order valence-electron chi connectivity index (χ2n) is 5.12. The molecule has 1 atom stereocenters. The lowest BCUT2D eigenvalue weighted by atomic mass is 10.1. The van der Waals surface area contributed by atoms with Gasteiger partial charge in [0.05, 0.1) is 12.9 Å². The zero-order valence-electron chi connectivity index (χ0n) is 11.9. The maximum atomic E-state index is 5.84. The molecule has 0 radical (unpaired) electrons. The van der Waals surface area contributed by atoms with E-state index in [1.54, 1.807) is 13.4 Å². The summed E-state index contributed by atoms with van der Waals surface area (Å²) in [4.78, 5) is 18.2. The molecule has 0 aromatic carbocycles. The minimum atomic E-state index is 0.526. The van der Waals surface area contributed by atoms with E-state index in [4.69, 9.17) is 4.74 Å². The van der Waals surface area contributed by atoms with Gasteiger partial charge in [0.25, 0.3) is 0 Å². The van der Waals surface area contributed by atoms with Gasteiger partial charge in [-0.1, -0.05) is 0 Å². The molecule has 3 rings (SSSR count). The van der Waals surface area contributed by atoms with Crippen molar-refractivity contribution in [3.63, 3.8) is 0 Å². The molecule has 2 aromatic rings. The van der Waals surface area contributed by atoms with Crippen LogP contribution in [0.5, 0.6) is 5.88 Å². The van der Waals surface area contributed by atoms with E-state index in [1.165, 1.54) is 19.4 Å². The first-order valence-electron chi connectivity index (χ1n) is 7.00. The SMILES string of the molecule is CNc1nc(OCCC2CCCN2C)c2[nH]cnc2n1. The highest BCUT2D eigenvalue weighted by Crippen LogP contribution is 2.22. The Labute approximate surface area is 117 Å². The molecular weight excluding hydrogens is 256 g/mol. The van der Waals surface area contributed by atoms with Gasteiger partial charge in [0.15, 0.2) is 5.65 Å². The van der Waals surface area contributed by atoms with Crippen LogP contribution in [0.25, 0.3) is 11.2 Å².